The van der Waals surface area contributed by atoms with E-state index in [-0.39, 0.29) is 17.0 Å². The average molecular weight is 324 g/mol. The van der Waals surface area contributed by atoms with E-state index in [9.17, 15) is 8.42 Å². The van der Waals surface area contributed by atoms with Crippen molar-refractivity contribution in [2.24, 2.45) is 0 Å². The maximum absolute atomic E-state index is 12.3. The van der Waals surface area contributed by atoms with Crippen molar-refractivity contribution in [3.05, 3.63) is 66.0 Å². The minimum Gasteiger partial charge on any atom is -0.253 e. The quantitative estimate of drug-likeness (QED) is 0.791. The van der Waals surface area contributed by atoms with Gasteiger partial charge in [0.15, 0.2) is 0 Å². The van der Waals surface area contributed by atoms with E-state index >= 15 is 0 Å². The van der Waals surface area contributed by atoms with Crippen LogP contribution in [0.5, 0.6) is 0 Å². The third-order valence-electron chi connectivity index (χ3n) is 3.24. The van der Waals surface area contributed by atoms with E-state index in [1.807, 2.05) is 30.3 Å². The highest BCUT2D eigenvalue weighted by atomic mass is 32.2. The van der Waals surface area contributed by atoms with Crippen LogP contribution < -0.4 is 4.72 Å². The molecule has 0 radical (unpaired) electrons. The van der Waals surface area contributed by atoms with Gasteiger partial charge in [0.1, 0.15) is 6.07 Å². The standard InChI is InChI=1S/C16H12N4O2S/c17-9-12-5-1-4-8-16(12)23(21,22)19-11-13-10-18-14-6-2-3-7-15(14)20-13/h1-8,10,19H,11H2. The summed E-state index contributed by atoms with van der Waals surface area (Å²) in [7, 11) is -3.79. The van der Waals surface area contributed by atoms with Crippen LogP contribution in [0.3, 0.4) is 0 Å². The van der Waals surface area contributed by atoms with E-state index in [2.05, 4.69) is 14.7 Å². The first-order chi connectivity index (χ1) is 11.1. The number of rotatable bonds is 4. The molecular weight excluding hydrogens is 312 g/mol. The fraction of sp³-hybridized carbons (Fsp3) is 0.0625. The van der Waals surface area contributed by atoms with Gasteiger partial charge in [0, 0.05) is 0 Å². The van der Waals surface area contributed by atoms with Gasteiger partial charge in [-0.2, -0.15) is 5.26 Å². The summed E-state index contributed by atoms with van der Waals surface area (Å²) in [5.74, 6) is 0. The number of benzene rings is 2. The normalized spacial score (nSPS) is 11.3. The number of hydrogen-bond acceptors (Lipinski definition) is 5. The highest BCUT2D eigenvalue weighted by Crippen LogP contribution is 2.15. The van der Waals surface area contributed by atoms with E-state index in [1.54, 1.807) is 12.1 Å². The van der Waals surface area contributed by atoms with Gasteiger partial charge in [0.2, 0.25) is 10.0 Å². The van der Waals surface area contributed by atoms with Crippen LogP contribution in [0.25, 0.3) is 11.0 Å². The second-order valence-electron chi connectivity index (χ2n) is 4.78. The van der Waals surface area contributed by atoms with Crippen LogP contribution in [0.1, 0.15) is 11.3 Å². The Kier molecular flexibility index (Phi) is 4.02. The Labute approximate surface area is 133 Å². The van der Waals surface area contributed by atoms with Crippen LogP contribution in [0.4, 0.5) is 0 Å². The molecule has 0 atom stereocenters. The van der Waals surface area contributed by atoms with Crippen LogP contribution in [0, 0.1) is 11.3 Å². The van der Waals surface area contributed by atoms with Gasteiger partial charge >= 0.3 is 0 Å². The molecule has 0 amide bonds. The molecule has 0 aliphatic heterocycles. The van der Waals surface area contributed by atoms with Crippen molar-refractivity contribution in [1.82, 2.24) is 14.7 Å². The van der Waals surface area contributed by atoms with Crippen molar-refractivity contribution in [2.75, 3.05) is 0 Å². The third kappa shape index (κ3) is 3.18. The Hall–Kier alpha value is -2.82. The van der Waals surface area contributed by atoms with E-state index in [0.717, 1.165) is 5.52 Å². The molecule has 7 heteroatoms. The molecule has 0 spiro atoms. The number of fused-ring (bicyclic) bond motifs is 1. The lowest BCUT2D eigenvalue weighted by Crippen LogP contribution is -2.24. The molecule has 3 aromatic rings. The predicted octanol–water partition coefficient (Wildman–Crippen LogP) is 1.98. The predicted molar refractivity (Wildman–Crippen MR) is 84.7 cm³/mol. The smallest absolute Gasteiger partial charge is 0.242 e. The highest BCUT2D eigenvalue weighted by molar-refractivity contribution is 7.89. The molecule has 0 bridgehead atoms. The van der Waals surface area contributed by atoms with Crippen LogP contribution >= 0.6 is 0 Å². The lowest BCUT2D eigenvalue weighted by Gasteiger charge is -2.08. The minimum atomic E-state index is -3.79. The molecule has 2 aromatic carbocycles. The molecule has 1 aromatic heterocycles. The lowest BCUT2D eigenvalue weighted by atomic mass is 10.2. The number of hydrogen-bond donors (Lipinski definition) is 1. The molecular formula is C16H12N4O2S. The van der Waals surface area contributed by atoms with Crippen molar-refractivity contribution in [2.45, 2.75) is 11.4 Å². The van der Waals surface area contributed by atoms with Gasteiger partial charge in [0.25, 0.3) is 0 Å². The first kappa shape index (κ1) is 15.1. The number of aromatic nitrogens is 2. The van der Waals surface area contributed by atoms with Crippen LogP contribution in [-0.4, -0.2) is 18.4 Å². The zero-order valence-electron chi connectivity index (χ0n) is 12.0. The summed E-state index contributed by atoms with van der Waals surface area (Å²) in [6, 6.07) is 15.3. The fourth-order valence-corrected chi connectivity index (χ4v) is 3.28. The minimum absolute atomic E-state index is 0.0000690. The summed E-state index contributed by atoms with van der Waals surface area (Å²) in [6.45, 7) is -0.0000690. The Morgan fingerprint density at radius 3 is 2.52 bits per heavy atom. The number of nitrogens with one attached hydrogen (secondary N) is 1. The van der Waals surface area contributed by atoms with Crippen LogP contribution in [-0.2, 0) is 16.6 Å². The maximum Gasteiger partial charge on any atom is 0.242 e. The van der Waals surface area contributed by atoms with E-state index in [0.29, 0.717) is 11.2 Å². The SMILES string of the molecule is N#Cc1ccccc1S(=O)(=O)NCc1cnc2ccccc2n1. The van der Waals surface area contributed by atoms with Crippen molar-refractivity contribution in [3.8, 4) is 6.07 Å². The number of nitrogens with zero attached hydrogens (tertiary/aromatic N) is 3. The van der Waals surface area contributed by atoms with Gasteiger partial charge in [-0.1, -0.05) is 24.3 Å². The van der Waals surface area contributed by atoms with Gasteiger partial charge in [-0.05, 0) is 24.3 Å². The van der Waals surface area contributed by atoms with E-state index in [4.69, 9.17) is 5.26 Å². The molecule has 1 heterocycles. The molecule has 0 aliphatic rings. The maximum atomic E-state index is 12.3. The Morgan fingerprint density at radius 2 is 1.74 bits per heavy atom. The fourth-order valence-electron chi connectivity index (χ4n) is 2.12. The average Bonchev–Trinajstić information content (AvgIpc) is 2.60. The van der Waals surface area contributed by atoms with Crippen molar-refractivity contribution < 1.29 is 8.42 Å². The monoisotopic (exact) mass is 324 g/mol. The Morgan fingerprint density at radius 1 is 1.04 bits per heavy atom. The van der Waals surface area contributed by atoms with E-state index < -0.39 is 10.0 Å². The topological polar surface area (TPSA) is 95.7 Å². The van der Waals surface area contributed by atoms with Gasteiger partial charge in [-0.3, -0.25) is 4.98 Å². The Bertz CT molecular complexity index is 1010. The molecule has 0 aliphatic carbocycles. The molecule has 0 saturated heterocycles. The molecule has 6 nitrogen and oxygen atoms in total. The number of sulfonamides is 1. The first-order valence-electron chi connectivity index (χ1n) is 6.79. The third-order valence-corrected chi connectivity index (χ3v) is 4.70. The van der Waals surface area contributed by atoms with Gasteiger partial charge in [-0.15, -0.1) is 0 Å². The summed E-state index contributed by atoms with van der Waals surface area (Å²) >= 11 is 0. The zero-order valence-corrected chi connectivity index (χ0v) is 12.8. The molecule has 0 fully saturated rings. The second kappa shape index (κ2) is 6.12. The van der Waals surface area contributed by atoms with Gasteiger partial charge in [0.05, 0.1) is 39.9 Å². The van der Waals surface area contributed by atoms with Crippen LogP contribution in [0.2, 0.25) is 0 Å². The zero-order chi connectivity index (χ0) is 16.3. The molecule has 1 N–H and O–H groups in total. The highest BCUT2D eigenvalue weighted by Gasteiger charge is 2.18. The summed E-state index contributed by atoms with van der Waals surface area (Å²) in [5, 5.41) is 9.02. The number of para-hydroxylation sites is 2. The van der Waals surface area contributed by atoms with Crippen molar-refractivity contribution >= 4 is 21.1 Å². The first-order valence-corrected chi connectivity index (χ1v) is 8.28. The molecule has 0 saturated carbocycles. The van der Waals surface area contributed by atoms with Crippen LogP contribution in [0.15, 0.2) is 59.6 Å². The van der Waals surface area contributed by atoms with Crippen molar-refractivity contribution in [1.29, 1.82) is 5.26 Å². The molecule has 0 unspecified atom stereocenters. The summed E-state index contributed by atoms with van der Waals surface area (Å²) in [4.78, 5) is 8.55. The van der Waals surface area contributed by atoms with Gasteiger partial charge in [-0.25, -0.2) is 18.1 Å². The second-order valence-corrected chi connectivity index (χ2v) is 6.52. The molecule has 3 rings (SSSR count). The lowest BCUT2D eigenvalue weighted by molar-refractivity contribution is 0.580. The van der Waals surface area contributed by atoms with Crippen molar-refractivity contribution in [3.63, 3.8) is 0 Å². The largest absolute Gasteiger partial charge is 0.253 e. The summed E-state index contributed by atoms with van der Waals surface area (Å²) in [6.07, 6.45) is 1.53. The molecule has 23 heavy (non-hydrogen) atoms. The number of nitriles is 1. The summed E-state index contributed by atoms with van der Waals surface area (Å²) in [5.41, 5.74) is 2.04. The van der Waals surface area contributed by atoms with E-state index in [1.165, 1.54) is 18.3 Å². The molecule has 114 valence electrons. The summed E-state index contributed by atoms with van der Waals surface area (Å²) < 4.78 is 27.1. The van der Waals surface area contributed by atoms with Gasteiger partial charge < -0.3 is 0 Å². The Balaban J connectivity index is 1.85.